The van der Waals surface area contributed by atoms with Crippen molar-refractivity contribution in [2.45, 2.75) is 13.2 Å². The van der Waals surface area contributed by atoms with E-state index in [4.69, 9.17) is 9.26 Å². The standard InChI is InChI=1S/C26H19N3O4/c30-25-22-14-8-7-13-21(22)24(27-29(25)16-18-9-3-1-4-10-18)26(31)32-17-20-15-23(28-33-20)19-11-5-2-6-12-19/h1-15H,16-17H2. The molecule has 0 saturated heterocycles. The van der Waals surface area contributed by atoms with Crippen molar-refractivity contribution >= 4 is 16.7 Å². The Morgan fingerprint density at radius 1 is 0.879 bits per heavy atom. The predicted molar refractivity (Wildman–Crippen MR) is 123 cm³/mol. The lowest BCUT2D eigenvalue weighted by Crippen LogP contribution is -2.27. The van der Waals surface area contributed by atoms with E-state index < -0.39 is 5.97 Å². The smallest absolute Gasteiger partial charge is 0.359 e. The third kappa shape index (κ3) is 4.29. The van der Waals surface area contributed by atoms with Crippen LogP contribution in [0, 0.1) is 0 Å². The summed E-state index contributed by atoms with van der Waals surface area (Å²) >= 11 is 0. The molecule has 5 rings (SSSR count). The van der Waals surface area contributed by atoms with Crippen molar-refractivity contribution < 1.29 is 14.1 Å². The van der Waals surface area contributed by atoms with E-state index in [0.717, 1.165) is 11.1 Å². The lowest BCUT2D eigenvalue weighted by molar-refractivity contribution is 0.0430. The van der Waals surface area contributed by atoms with Gasteiger partial charge in [-0.1, -0.05) is 84.0 Å². The average molecular weight is 437 g/mol. The number of ether oxygens (including phenoxy) is 1. The summed E-state index contributed by atoms with van der Waals surface area (Å²) in [6, 6.07) is 27.6. The van der Waals surface area contributed by atoms with E-state index in [2.05, 4.69) is 10.3 Å². The van der Waals surface area contributed by atoms with Crippen LogP contribution >= 0.6 is 0 Å². The summed E-state index contributed by atoms with van der Waals surface area (Å²) in [7, 11) is 0. The second-order valence-corrected chi connectivity index (χ2v) is 7.46. The minimum absolute atomic E-state index is 0.0731. The highest BCUT2D eigenvalue weighted by atomic mass is 16.5. The number of nitrogens with zero attached hydrogens (tertiary/aromatic N) is 3. The molecule has 0 spiro atoms. The number of rotatable bonds is 6. The maximum absolute atomic E-state index is 13.0. The molecule has 0 amide bonds. The Kier molecular flexibility index (Phi) is 5.51. The van der Waals surface area contributed by atoms with Crippen LogP contribution in [-0.2, 0) is 17.9 Å². The monoisotopic (exact) mass is 437 g/mol. The minimum Gasteiger partial charge on any atom is -0.453 e. The van der Waals surface area contributed by atoms with E-state index in [1.807, 2.05) is 60.7 Å². The molecule has 2 aromatic heterocycles. The molecule has 0 bridgehead atoms. The number of esters is 1. The zero-order chi connectivity index (χ0) is 22.6. The van der Waals surface area contributed by atoms with Gasteiger partial charge in [0.2, 0.25) is 0 Å². The summed E-state index contributed by atoms with van der Waals surface area (Å²) in [6.45, 7) is 0.139. The van der Waals surface area contributed by atoms with Crippen molar-refractivity contribution in [3.05, 3.63) is 118 Å². The average Bonchev–Trinajstić information content (AvgIpc) is 3.35. The normalized spacial score (nSPS) is 10.9. The second-order valence-electron chi connectivity index (χ2n) is 7.46. The lowest BCUT2D eigenvalue weighted by Gasteiger charge is -2.10. The van der Waals surface area contributed by atoms with E-state index in [1.165, 1.54) is 4.68 Å². The molecule has 33 heavy (non-hydrogen) atoms. The molecule has 0 atom stereocenters. The van der Waals surface area contributed by atoms with Gasteiger partial charge in [-0.25, -0.2) is 9.48 Å². The third-order valence-corrected chi connectivity index (χ3v) is 5.21. The summed E-state index contributed by atoms with van der Waals surface area (Å²) in [4.78, 5) is 25.9. The van der Waals surface area contributed by atoms with E-state index in [-0.39, 0.29) is 24.4 Å². The number of benzene rings is 3. The highest BCUT2D eigenvalue weighted by Gasteiger charge is 2.19. The molecular formula is C26H19N3O4. The van der Waals surface area contributed by atoms with Crippen molar-refractivity contribution in [3.8, 4) is 11.3 Å². The Hall–Kier alpha value is -4.52. The molecule has 0 N–H and O–H groups in total. The second kappa shape index (κ2) is 8.92. The van der Waals surface area contributed by atoms with Crippen LogP contribution in [-0.4, -0.2) is 20.9 Å². The number of carbonyl (C=O) groups is 1. The van der Waals surface area contributed by atoms with Crippen LogP contribution in [0.2, 0.25) is 0 Å². The van der Waals surface area contributed by atoms with E-state index >= 15 is 0 Å². The Labute approximate surface area is 188 Å². The maximum Gasteiger partial charge on any atom is 0.359 e. The predicted octanol–water partition coefficient (Wildman–Crippen LogP) is 4.46. The maximum atomic E-state index is 13.0. The van der Waals surface area contributed by atoms with Crippen LogP contribution < -0.4 is 5.56 Å². The fourth-order valence-electron chi connectivity index (χ4n) is 3.58. The van der Waals surface area contributed by atoms with Gasteiger partial charge in [0.25, 0.3) is 5.56 Å². The highest BCUT2D eigenvalue weighted by molar-refractivity contribution is 6.02. The van der Waals surface area contributed by atoms with Gasteiger partial charge < -0.3 is 9.26 Å². The van der Waals surface area contributed by atoms with Gasteiger partial charge in [0.15, 0.2) is 18.1 Å². The van der Waals surface area contributed by atoms with Gasteiger partial charge in [0.1, 0.15) is 5.69 Å². The molecule has 0 radical (unpaired) electrons. The molecule has 7 heteroatoms. The molecular weight excluding hydrogens is 418 g/mol. The lowest BCUT2D eigenvalue weighted by atomic mass is 10.1. The topological polar surface area (TPSA) is 87.2 Å². The molecule has 0 unspecified atom stereocenters. The van der Waals surface area contributed by atoms with Gasteiger partial charge in [-0.05, 0) is 11.6 Å². The molecule has 5 aromatic rings. The van der Waals surface area contributed by atoms with Crippen molar-refractivity contribution in [3.63, 3.8) is 0 Å². The Morgan fingerprint density at radius 3 is 2.30 bits per heavy atom. The SMILES string of the molecule is O=C(OCc1cc(-c2ccccc2)no1)c1nn(Cc2ccccc2)c(=O)c2ccccc12. The van der Waals surface area contributed by atoms with Crippen molar-refractivity contribution in [2.75, 3.05) is 0 Å². The molecule has 2 heterocycles. The minimum atomic E-state index is -0.648. The van der Waals surface area contributed by atoms with Crippen LogP contribution in [0.25, 0.3) is 22.0 Å². The molecule has 3 aromatic carbocycles. The Morgan fingerprint density at radius 2 is 1.55 bits per heavy atom. The summed E-state index contributed by atoms with van der Waals surface area (Å²) < 4.78 is 12.1. The fourth-order valence-corrected chi connectivity index (χ4v) is 3.58. The first kappa shape index (κ1) is 20.4. The number of aromatic nitrogens is 3. The molecule has 0 fully saturated rings. The van der Waals surface area contributed by atoms with Crippen molar-refractivity contribution in [2.24, 2.45) is 0 Å². The van der Waals surface area contributed by atoms with Gasteiger partial charge >= 0.3 is 5.97 Å². The zero-order valence-corrected chi connectivity index (χ0v) is 17.5. The van der Waals surface area contributed by atoms with Gasteiger partial charge in [-0.2, -0.15) is 5.10 Å². The summed E-state index contributed by atoms with van der Waals surface area (Å²) in [5, 5.41) is 9.22. The van der Waals surface area contributed by atoms with Crippen molar-refractivity contribution in [1.82, 2.24) is 14.9 Å². The van der Waals surface area contributed by atoms with Crippen molar-refractivity contribution in [1.29, 1.82) is 0 Å². The van der Waals surface area contributed by atoms with Crippen LogP contribution in [0.4, 0.5) is 0 Å². The number of hydrogen-bond acceptors (Lipinski definition) is 6. The van der Waals surface area contributed by atoms with Gasteiger partial charge in [0.05, 0.1) is 11.9 Å². The Bertz CT molecular complexity index is 1470. The highest BCUT2D eigenvalue weighted by Crippen LogP contribution is 2.20. The molecule has 0 saturated carbocycles. The fraction of sp³-hybridized carbons (Fsp3) is 0.0769. The summed E-state index contributed by atoms with van der Waals surface area (Å²) in [5.74, 6) is -0.241. The first-order chi connectivity index (χ1) is 16.2. The summed E-state index contributed by atoms with van der Waals surface area (Å²) in [6.07, 6.45) is 0. The van der Waals surface area contributed by atoms with Crippen LogP contribution in [0.5, 0.6) is 0 Å². The van der Waals surface area contributed by atoms with Crippen LogP contribution in [0.1, 0.15) is 21.8 Å². The molecule has 0 aliphatic rings. The first-order valence-corrected chi connectivity index (χ1v) is 10.4. The molecule has 0 aliphatic heterocycles. The molecule has 0 aliphatic carbocycles. The van der Waals surface area contributed by atoms with E-state index in [9.17, 15) is 9.59 Å². The number of fused-ring (bicyclic) bond motifs is 1. The van der Waals surface area contributed by atoms with Crippen LogP contribution in [0.3, 0.4) is 0 Å². The molecule has 162 valence electrons. The first-order valence-electron chi connectivity index (χ1n) is 10.4. The van der Waals surface area contributed by atoms with Gasteiger partial charge in [0, 0.05) is 17.0 Å². The quantitative estimate of drug-likeness (QED) is 0.365. The number of carbonyl (C=O) groups excluding carboxylic acids is 1. The van der Waals surface area contributed by atoms with Crippen LogP contribution in [0.15, 0.2) is 100 Å². The summed E-state index contributed by atoms with van der Waals surface area (Å²) in [5.41, 5.74) is 2.26. The zero-order valence-electron chi connectivity index (χ0n) is 17.5. The Balaban J connectivity index is 1.42. The number of hydrogen-bond donors (Lipinski definition) is 0. The van der Waals surface area contributed by atoms with Gasteiger partial charge in [-0.15, -0.1) is 0 Å². The molecule has 7 nitrogen and oxygen atoms in total. The van der Waals surface area contributed by atoms with E-state index in [1.54, 1.807) is 30.3 Å². The largest absolute Gasteiger partial charge is 0.453 e. The van der Waals surface area contributed by atoms with E-state index in [0.29, 0.717) is 22.2 Å². The van der Waals surface area contributed by atoms with Gasteiger partial charge in [-0.3, -0.25) is 4.79 Å². The third-order valence-electron chi connectivity index (χ3n) is 5.21.